The molecule has 1 amide bonds. The molecule has 0 aliphatic heterocycles. The third kappa shape index (κ3) is 3.27. The fourth-order valence-corrected chi connectivity index (χ4v) is 4.86. The highest BCUT2D eigenvalue weighted by molar-refractivity contribution is 7.11. The fourth-order valence-electron chi connectivity index (χ4n) is 3.66. The van der Waals surface area contributed by atoms with Gasteiger partial charge in [0.05, 0.1) is 22.5 Å². The Morgan fingerprint density at radius 1 is 1.30 bits per heavy atom. The zero-order chi connectivity index (χ0) is 16.6. The number of carbonyl (C=O) groups excluding carboxylic acids is 1. The molecular weight excluding hydrogens is 312 g/mol. The van der Waals surface area contributed by atoms with Crippen molar-refractivity contribution in [3.8, 4) is 0 Å². The van der Waals surface area contributed by atoms with Crippen LogP contribution in [0.5, 0.6) is 0 Å². The second kappa shape index (κ2) is 6.23. The van der Waals surface area contributed by atoms with Gasteiger partial charge in [-0.3, -0.25) is 9.59 Å². The Morgan fingerprint density at radius 2 is 2.04 bits per heavy atom. The maximum Gasteiger partial charge on any atom is 0.307 e. The number of rotatable bonds is 6. The van der Waals surface area contributed by atoms with Crippen molar-refractivity contribution in [1.29, 1.82) is 0 Å². The molecule has 0 saturated heterocycles. The van der Waals surface area contributed by atoms with Gasteiger partial charge < -0.3 is 10.4 Å². The topological polar surface area (TPSA) is 79.3 Å². The highest BCUT2D eigenvalue weighted by Crippen LogP contribution is 2.58. The Kier molecular flexibility index (Phi) is 4.45. The van der Waals surface area contributed by atoms with Gasteiger partial charge in [-0.25, -0.2) is 4.98 Å². The van der Waals surface area contributed by atoms with Gasteiger partial charge in [0.2, 0.25) is 5.91 Å². The molecule has 126 valence electrons. The monoisotopic (exact) mass is 336 g/mol. The lowest BCUT2D eigenvalue weighted by atomic mass is 10.0. The summed E-state index contributed by atoms with van der Waals surface area (Å²) in [6.07, 6.45) is 6.52. The maximum atomic E-state index is 12.1. The maximum absolute atomic E-state index is 12.1. The minimum absolute atomic E-state index is 0.124. The molecule has 6 heteroatoms. The largest absolute Gasteiger partial charge is 0.481 e. The minimum Gasteiger partial charge on any atom is -0.481 e. The van der Waals surface area contributed by atoms with Crippen molar-refractivity contribution in [2.45, 2.75) is 52.4 Å². The third-order valence-electron chi connectivity index (χ3n) is 5.13. The van der Waals surface area contributed by atoms with E-state index in [2.05, 4.69) is 5.32 Å². The molecule has 5 nitrogen and oxygen atoms in total. The van der Waals surface area contributed by atoms with Crippen molar-refractivity contribution in [2.75, 3.05) is 6.54 Å². The van der Waals surface area contributed by atoms with E-state index in [1.165, 1.54) is 28.4 Å². The summed E-state index contributed by atoms with van der Waals surface area (Å²) in [6, 6.07) is 0. The molecule has 1 aromatic heterocycles. The van der Waals surface area contributed by atoms with Crippen molar-refractivity contribution < 1.29 is 14.7 Å². The van der Waals surface area contributed by atoms with E-state index in [9.17, 15) is 9.59 Å². The van der Waals surface area contributed by atoms with E-state index < -0.39 is 23.2 Å². The summed E-state index contributed by atoms with van der Waals surface area (Å²) < 4.78 is 0. The molecule has 1 saturated carbocycles. The van der Waals surface area contributed by atoms with Crippen LogP contribution in [0.4, 0.5) is 0 Å². The first-order chi connectivity index (χ1) is 10.9. The number of aromatic nitrogens is 1. The number of hydrogen-bond donors (Lipinski definition) is 2. The number of hydrogen-bond acceptors (Lipinski definition) is 4. The van der Waals surface area contributed by atoms with E-state index in [0.717, 1.165) is 25.7 Å². The van der Waals surface area contributed by atoms with Gasteiger partial charge in [-0.2, -0.15) is 0 Å². The molecule has 1 heterocycles. The zero-order valence-electron chi connectivity index (χ0n) is 13.7. The summed E-state index contributed by atoms with van der Waals surface area (Å²) in [4.78, 5) is 29.4. The lowest BCUT2D eigenvalue weighted by molar-refractivity contribution is -0.140. The number of carboxylic acid groups (broad SMARTS) is 1. The molecule has 0 spiro atoms. The van der Waals surface area contributed by atoms with E-state index in [-0.39, 0.29) is 5.91 Å². The van der Waals surface area contributed by atoms with Gasteiger partial charge in [0.25, 0.3) is 0 Å². The molecular formula is C17H24N2O3S. The molecule has 2 N–H and O–H groups in total. The summed E-state index contributed by atoms with van der Waals surface area (Å²) in [5.41, 5.74) is 0.855. The fraction of sp³-hybridized carbons (Fsp3) is 0.706. The van der Waals surface area contributed by atoms with Crippen LogP contribution in [0, 0.1) is 17.3 Å². The van der Waals surface area contributed by atoms with Gasteiger partial charge in [-0.05, 0) is 37.5 Å². The Labute approximate surface area is 140 Å². The number of aliphatic carboxylic acids is 1. The van der Waals surface area contributed by atoms with Gasteiger partial charge in [-0.15, -0.1) is 11.3 Å². The summed E-state index contributed by atoms with van der Waals surface area (Å²) in [7, 11) is 0. The van der Waals surface area contributed by atoms with Crippen molar-refractivity contribution in [1.82, 2.24) is 10.3 Å². The van der Waals surface area contributed by atoms with Crippen molar-refractivity contribution >= 4 is 23.2 Å². The number of fused-ring (bicyclic) bond motifs is 1. The van der Waals surface area contributed by atoms with Crippen LogP contribution < -0.4 is 5.32 Å². The van der Waals surface area contributed by atoms with Crippen LogP contribution >= 0.6 is 11.3 Å². The zero-order valence-corrected chi connectivity index (χ0v) is 14.5. The van der Waals surface area contributed by atoms with E-state index in [4.69, 9.17) is 10.1 Å². The van der Waals surface area contributed by atoms with Crippen LogP contribution in [0.3, 0.4) is 0 Å². The molecule has 1 fully saturated rings. The summed E-state index contributed by atoms with van der Waals surface area (Å²) in [6.45, 7) is 4.27. The first-order valence-electron chi connectivity index (χ1n) is 8.39. The first-order valence-corrected chi connectivity index (χ1v) is 9.21. The molecule has 2 atom stereocenters. The Hall–Kier alpha value is -1.43. The number of thiazole rings is 1. The van der Waals surface area contributed by atoms with Crippen LogP contribution in [0.15, 0.2) is 0 Å². The number of amides is 1. The van der Waals surface area contributed by atoms with Crippen molar-refractivity contribution in [3.05, 3.63) is 15.6 Å². The number of aryl methyl sites for hydroxylation is 3. The van der Waals surface area contributed by atoms with E-state index >= 15 is 0 Å². The summed E-state index contributed by atoms with van der Waals surface area (Å²) >= 11 is 1.82. The molecule has 0 radical (unpaired) electrons. The van der Waals surface area contributed by atoms with Gasteiger partial charge in [0, 0.05) is 17.8 Å². The van der Waals surface area contributed by atoms with Crippen molar-refractivity contribution in [2.24, 2.45) is 17.3 Å². The highest BCUT2D eigenvalue weighted by Gasteiger charge is 2.65. The molecule has 23 heavy (non-hydrogen) atoms. The standard InChI is InChI=1S/C17H24N2O3S/c1-17(2)13(14(17)16(21)22)15(20)18-9-5-8-12-19-10-6-3-4-7-11(10)23-12/h13-14H,3-9H2,1-2H3,(H,18,20)(H,21,22)/t13-,14+/m1/s1. The molecule has 0 aromatic carbocycles. The van der Waals surface area contributed by atoms with E-state index in [1.807, 2.05) is 25.2 Å². The van der Waals surface area contributed by atoms with Crippen LogP contribution in [-0.4, -0.2) is 28.5 Å². The Bertz CT molecular complexity index is 600. The number of nitrogens with one attached hydrogen (secondary N) is 1. The quantitative estimate of drug-likeness (QED) is 0.782. The second-order valence-corrected chi connectivity index (χ2v) is 8.36. The van der Waals surface area contributed by atoms with Crippen LogP contribution in [0.1, 0.15) is 48.7 Å². The average molecular weight is 336 g/mol. The molecule has 0 unspecified atom stereocenters. The average Bonchev–Trinajstić information content (AvgIpc) is 2.89. The lowest BCUT2D eigenvalue weighted by Crippen LogP contribution is -2.28. The van der Waals surface area contributed by atoms with Gasteiger partial charge in [-0.1, -0.05) is 13.8 Å². The predicted octanol–water partition coefficient (Wildman–Crippen LogP) is 2.43. The van der Waals surface area contributed by atoms with E-state index in [1.54, 1.807) is 0 Å². The molecule has 2 aliphatic carbocycles. The first kappa shape index (κ1) is 16.4. The highest BCUT2D eigenvalue weighted by atomic mass is 32.1. The Morgan fingerprint density at radius 3 is 2.70 bits per heavy atom. The smallest absolute Gasteiger partial charge is 0.307 e. The molecule has 0 bridgehead atoms. The van der Waals surface area contributed by atoms with Gasteiger partial charge in [0.15, 0.2) is 0 Å². The Balaban J connectivity index is 1.43. The minimum atomic E-state index is -0.872. The van der Waals surface area contributed by atoms with Crippen LogP contribution in [0.25, 0.3) is 0 Å². The van der Waals surface area contributed by atoms with E-state index in [0.29, 0.717) is 6.54 Å². The number of carboxylic acids is 1. The SMILES string of the molecule is CC1(C)[C@H](C(=O)O)[C@@H]1C(=O)NCCCc1nc2c(s1)CCCC2. The van der Waals surface area contributed by atoms with Crippen molar-refractivity contribution in [3.63, 3.8) is 0 Å². The van der Waals surface area contributed by atoms with Gasteiger partial charge in [0.1, 0.15) is 0 Å². The summed E-state index contributed by atoms with van der Waals surface area (Å²) in [5.74, 6) is -1.94. The molecule has 3 rings (SSSR count). The molecule has 2 aliphatic rings. The van der Waals surface area contributed by atoms with Crippen LogP contribution in [-0.2, 0) is 28.9 Å². The summed E-state index contributed by atoms with van der Waals surface area (Å²) in [5, 5.41) is 13.2. The lowest BCUT2D eigenvalue weighted by Gasteiger charge is -2.06. The normalized spacial score (nSPS) is 24.8. The van der Waals surface area contributed by atoms with Crippen LogP contribution in [0.2, 0.25) is 0 Å². The van der Waals surface area contributed by atoms with Gasteiger partial charge >= 0.3 is 5.97 Å². The number of carbonyl (C=O) groups is 2. The third-order valence-corrected chi connectivity index (χ3v) is 6.35. The second-order valence-electron chi connectivity index (χ2n) is 7.19. The molecule has 1 aromatic rings. The number of nitrogens with zero attached hydrogens (tertiary/aromatic N) is 1. The predicted molar refractivity (Wildman–Crippen MR) is 88.5 cm³/mol.